The van der Waals surface area contributed by atoms with E-state index in [0.717, 1.165) is 0 Å². The number of rotatable bonds is 3. The van der Waals surface area contributed by atoms with Gasteiger partial charge in [0, 0.05) is 17.1 Å². The summed E-state index contributed by atoms with van der Waals surface area (Å²) in [5.74, 6) is 0.674. The number of para-hydroxylation sites is 2. The molecule has 2 nitrogen and oxygen atoms in total. The number of hydrogen-bond donors (Lipinski definition) is 0. The van der Waals surface area contributed by atoms with Crippen molar-refractivity contribution in [1.82, 2.24) is 0 Å². The number of fused-ring (bicyclic) bond motifs is 3. The zero-order chi connectivity index (χ0) is 21.9. The van der Waals surface area contributed by atoms with E-state index in [1.165, 1.54) is 65.1 Å². The Morgan fingerprint density at radius 1 is 0.719 bits per heavy atom. The van der Waals surface area contributed by atoms with Crippen molar-refractivity contribution in [3.63, 3.8) is 0 Å². The van der Waals surface area contributed by atoms with Crippen molar-refractivity contribution in [3.05, 3.63) is 107 Å². The van der Waals surface area contributed by atoms with Gasteiger partial charge in [-0.05, 0) is 68.4 Å². The molecular formula is C30H32N2. The lowest BCUT2D eigenvalue weighted by Gasteiger charge is -2.38. The Balaban J connectivity index is 1.63. The predicted octanol–water partition coefficient (Wildman–Crippen LogP) is 7.39. The van der Waals surface area contributed by atoms with Crippen LogP contribution in [0.2, 0.25) is 0 Å². The molecule has 2 heteroatoms. The highest BCUT2D eigenvalue weighted by Crippen LogP contribution is 2.59. The molecule has 0 saturated heterocycles. The molecule has 0 spiro atoms. The van der Waals surface area contributed by atoms with Gasteiger partial charge in [-0.25, -0.2) is 0 Å². The molecule has 0 radical (unpaired) electrons. The van der Waals surface area contributed by atoms with Crippen molar-refractivity contribution >= 4 is 11.4 Å². The normalized spacial score (nSPS) is 24.9. The summed E-state index contributed by atoms with van der Waals surface area (Å²) in [5, 5.41) is 0. The average molecular weight is 421 g/mol. The van der Waals surface area contributed by atoms with Crippen LogP contribution in [0.4, 0.5) is 11.4 Å². The summed E-state index contributed by atoms with van der Waals surface area (Å²) >= 11 is 0. The average Bonchev–Trinajstić information content (AvgIpc) is 3.52. The molecule has 162 valence electrons. The largest absolute Gasteiger partial charge is 0.322 e. The number of benzene rings is 3. The topological polar surface area (TPSA) is 6.48 Å². The van der Waals surface area contributed by atoms with Gasteiger partial charge in [0.15, 0.2) is 0 Å². The summed E-state index contributed by atoms with van der Waals surface area (Å²) in [5.41, 5.74) is 9.62. The van der Waals surface area contributed by atoms with E-state index in [-0.39, 0.29) is 5.41 Å². The fraction of sp³-hybridized carbons (Fsp3) is 0.333. The summed E-state index contributed by atoms with van der Waals surface area (Å²) < 4.78 is 0. The van der Waals surface area contributed by atoms with Crippen molar-refractivity contribution in [2.75, 3.05) is 9.80 Å². The number of allylic oxidation sites excluding steroid dienone is 2. The Hall–Kier alpha value is -3.00. The number of nitrogens with zero attached hydrogens (tertiary/aromatic N) is 2. The van der Waals surface area contributed by atoms with Crippen LogP contribution < -0.4 is 9.80 Å². The first-order chi connectivity index (χ1) is 15.6. The maximum absolute atomic E-state index is 2.72. The molecule has 2 aliphatic heterocycles. The summed E-state index contributed by atoms with van der Waals surface area (Å²) in [6.45, 7) is 7.05. The van der Waals surface area contributed by atoms with E-state index in [9.17, 15) is 0 Å². The third-order valence-electron chi connectivity index (χ3n) is 8.20. The molecule has 3 aromatic rings. The maximum Gasteiger partial charge on any atom is 0.113 e. The molecule has 1 saturated carbocycles. The molecule has 1 fully saturated rings. The summed E-state index contributed by atoms with van der Waals surface area (Å²) in [7, 11) is 0. The maximum atomic E-state index is 2.72. The number of hydrogen-bond acceptors (Lipinski definition) is 2. The van der Waals surface area contributed by atoms with Gasteiger partial charge in [-0.15, -0.1) is 0 Å². The standard InChI is InChI=1S/C30H32N2/c1-21-13-7-11-19-26(21)31-22(2)28-30(3,24-16-5-4-6-17-24)25-18-10-12-20-27(25)32(28)29(31)23-14-8-9-15-23/h4-7,10-13,16-20,23,29H,8-9,14-15H2,1-3H3. The quantitative estimate of drug-likeness (QED) is 0.436. The molecule has 32 heavy (non-hydrogen) atoms. The van der Waals surface area contributed by atoms with Crippen molar-refractivity contribution < 1.29 is 0 Å². The van der Waals surface area contributed by atoms with Gasteiger partial charge in [-0.1, -0.05) is 79.6 Å². The summed E-state index contributed by atoms with van der Waals surface area (Å²) in [6.07, 6.45) is 5.67. The molecule has 2 atom stereocenters. The lowest BCUT2D eigenvalue weighted by atomic mass is 9.75. The van der Waals surface area contributed by atoms with Crippen LogP contribution in [-0.2, 0) is 5.41 Å². The Kier molecular flexibility index (Phi) is 4.47. The van der Waals surface area contributed by atoms with Crippen molar-refractivity contribution in [2.45, 2.75) is 58.0 Å². The van der Waals surface area contributed by atoms with Crippen molar-refractivity contribution in [3.8, 4) is 0 Å². The molecule has 0 aromatic heterocycles. The van der Waals surface area contributed by atoms with Crippen LogP contribution in [0.25, 0.3) is 0 Å². The summed E-state index contributed by atoms with van der Waals surface area (Å²) in [4.78, 5) is 5.40. The Labute approximate surface area is 192 Å². The van der Waals surface area contributed by atoms with Crippen LogP contribution in [0.15, 0.2) is 90.3 Å². The van der Waals surface area contributed by atoms with Gasteiger partial charge in [0.1, 0.15) is 6.17 Å². The second kappa shape index (κ2) is 7.27. The molecule has 3 aliphatic rings. The first-order valence-electron chi connectivity index (χ1n) is 12.1. The first-order valence-corrected chi connectivity index (χ1v) is 12.1. The molecular weight excluding hydrogens is 388 g/mol. The number of aryl methyl sites for hydroxylation is 1. The second-order valence-electron chi connectivity index (χ2n) is 9.93. The van der Waals surface area contributed by atoms with Crippen LogP contribution >= 0.6 is 0 Å². The van der Waals surface area contributed by atoms with E-state index < -0.39 is 0 Å². The zero-order valence-electron chi connectivity index (χ0n) is 19.4. The highest BCUT2D eigenvalue weighted by atomic mass is 15.4. The molecule has 1 aliphatic carbocycles. The lowest BCUT2D eigenvalue weighted by molar-refractivity contribution is 0.431. The molecule has 6 rings (SSSR count). The van der Waals surface area contributed by atoms with E-state index in [4.69, 9.17) is 0 Å². The van der Waals surface area contributed by atoms with Gasteiger partial charge in [-0.3, -0.25) is 0 Å². The van der Waals surface area contributed by atoms with Crippen molar-refractivity contribution in [2.24, 2.45) is 5.92 Å². The van der Waals surface area contributed by atoms with Crippen molar-refractivity contribution in [1.29, 1.82) is 0 Å². The van der Waals surface area contributed by atoms with Gasteiger partial charge in [0.25, 0.3) is 0 Å². The van der Waals surface area contributed by atoms with Crippen LogP contribution in [-0.4, -0.2) is 6.17 Å². The SMILES string of the molecule is CC1=C2N(c3ccccc3C2(C)c2ccccc2)C(C2CCCC2)N1c1ccccc1C. The smallest absolute Gasteiger partial charge is 0.113 e. The van der Waals surface area contributed by atoms with E-state index >= 15 is 0 Å². The molecule has 2 unspecified atom stereocenters. The van der Waals surface area contributed by atoms with Crippen LogP contribution in [0, 0.1) is 12.8 Å². The van der Waals surface area contributed by atoms with E-state index in [1.807, 2.05) is 0 Å². The van der Waals surface area contributed by atoms with Crippen LogP contribution in [0.3, 0.4) is 0 Å². The predicted molar refractivity (Wildman–Crippen MR) is 134 cm³/mol. The van der Waals surface area contributed by atoms with Gasteiger partial charge in [0.05, 0.1) is 11.1 Å². The fourth-order valence-corrected chi connectivity index (χ4v) is 6.73. The van der Waals surface area contributed by atoms with E-state index in [1.54, 1.807) is 0 Å². The van der Waals surface area contributed by atoms with Gasteiger partial charge < -0.3 is 9.80 Å². The minimum atomic E-state index is -0.157. The minimum absolute atomic E-state index is 0.157. The van der Waals surface area contributed by atoms with Gasteiger partial charge in [0.2, 0.25) is 0 Å². The van der Waals surface area contributed by atoms with Gasteiger partial charge in [-0.2, -0.15) is 0 Å². The second-order valence-corrected chi connectivity index (χ2v) is 9.93. The molecule has 2 heterocycles. The lowest BCUT2D eigenvalue weighted by Crippen LogP contribution is -2.45. The number of anilines is 2. The monoisotopic (exact) mass is 420 g/mol. The van der Waals surface area contributed by atoms with Crippen LogP contribution in [0.1, 0.15) is 56.2 Å². The highest BCUT2D eigenvalue weighted by molar-refractivity contribution is 5.81. The van der Waals surface area contributed by atoms with Crippen LogP contribution in [0.5, 0.6) is 0 Å². The zero-order valence-corrected chi connectivity index (χ0v) is 19.4. The Morgan fingerprint density at radius 2 is 1.34 bits per heavy atom. The summed E-state index contributed by atoms with van der Waals surface area (Å²) in [6, 6.07) is 29.2. The molecule has 0 amide bonds. The fourth-order valence-electron chi connectivity index (χ4n) is 6.73. The first kappa shape index (κ1) is 19.7. The van der Waals surface area contributed by atoms with E-state index in [0.29, 0.717) is 12.1 Å². The molecule has 3 aromatic carbocycles. The highest BCUT2D eigenvalue weighted by Gasteiger charge is 2.55. The third-order valence-corrected chi connectivity index (χ3v) is 8.20. The van der Waals surface area contributed by atoms with E-state index in [2.05, 4.69) is 109 Å². The Morgan fingerprint density at radius 3 is 2.06 bits per heavy atom. The molecule has 0 bridgehead atoms. The van der Waals surface area contributed by atoms with Gasteiger partial charge >= 0.3 is 0 Å². The Bertz CT molecular complexity index is 1190. The molecule has 0 N–H and O–H groups in total. The minimum Gasteiger partial charge on any atom is -0.322 e. The third kappa shape index (κ3) is 2.59.